The highest BCUT2D eigenvalue weighted by atomic mass is 16.6. The van der Waals surface area contributed by atoms with E-state index in [2.05, 4.69) is 16.0 Å². The van der Waals surface area contributed by atoms with E-state index in [1.165, 1.54) is 12.1 Å². The minimum Gasteiger partial charge on any atom is -0.385 e. The van der Waals surface area contributed by atoms with Gasteiger partial charge in [-0.05, 0) is 26.8 Å². The number of benzene rings is 1. The lowest BCUT2D eigenvalue weighted by Crippen LogP contribution is -2.37. The first kappa shape index (κ1) is 15.7. The van der Waals surface area contributed by atoms with Gasteiger partial charge in [-0.3, -0.25) is 14.9 Å². The zero-order valence-corrected chi connectivity index (χ0v) is 11.9. The van der Waals surface area contributed by atoms with Crippen molar-refractivity contribution in [2.45, 2.75) is 26.8 Å². The molecule has 3 N–H and O–H groups in total. The number of nitrogens with zero attached hydrogens (tertiary/aromatic N) is 1. The molecule has 20 heavy (non-hydrogen) atoms. The summed E-state index contributed by atoms with van der Waals surface area (Å²) < 4.78 is 0. The summed E-state index contributed by atoms with van der Waals surface area (Å²) in [5.41, 5.74) is 1.16. The number of carbonyl (C=O) groups excluding carboxylic acids is 1. The number of amides is 1. The summed E-state index contributed by atoms with van der Waals surface area (Å²) in [6, 6.07) is 4.15. The lowest BCUT2D eigenvalue weighted by atomic mass is 10.2. The lowest BCUT2D eigenvalue weighted by Gasteiger charge is -2.15. The maximum atomic E-state index is 11.7. The van der Waals surface area contributed by atoms with E-state index in [9.17, 15) is 14.9 Å². The number of hydrogen-bond donors (Lipinski definition) is 3. The quantitative estimate of drug-likeness (QED) is 0.524. The van der Waals surface area contributed by atoms with E-state index in [0.717, 1.165) is 0 Å². The SMILES string of the molecule is CCNC(=O)C(C)Nc1cc(NCC)cc([N+](=O)[O-])c1. The second kappa shape index (κ2) is 7.32. The fourth-order valence-electron chi connectivity index (χ4n) is 1.75. The molecule has 1 unspecified atom stereocenters. The molecule has 7 nitrogen and oxygen atoms in total. The number of non-ortho nitro benzene ring substituents is 1. The van der Waals surface area contributed by atoms with Crippen molar-refractivity contribution in [3.8, 4) is 0 Å². The normalized spacial score (nSPS) is 11.6. The summed E-state index contributed by atoms with van der Waals surface area (Å²) in [6.07, 6.45) is 0. The highest BCUT2D eigenvalue weighted by molar-refractivity contribution is 5.84. The molecular formula is C13H20N4O3. The Morgan fingerprint density at radius 2 is 1.90 bits per heavy atom. The molecule has 0 radical (unpaired) electrons. The van der Waals surface area contributed by atoms with Crippen LogP contribution in [0.4, 0.5) is 17.1 Å². The number of nitro benzene ring substituents is 1. The Balaban J connectivity index is 2.93. The van der Waals surface area contributed by atoms with Crippen molar-refractivity contribution in [3.05, 3.63) is 28.3 Å². The molecule has 0 bridgehead atoms. The third-order valence-electron chi connectivity index (χ3n) is 2.64. The molecule has 1 rings (SSSR count). The minimum atomic E-state index is -0.466. The molecule has 0 aromatic heterocycles. The van der Waals surface area contributed by atoms with Crippen LogP contribution in [0.2, 0.25) is 0 Å². The van der Waals surface area contributed by atoms with Gasteiger partial charge in [-0.25, -0.2) is 0 Å². The molecule has 1 aromatic rings. The molecule has 0 saturated carbocycles. The Morgan fingerprint density at radius 1 is 1.25 bits per heavy atom. The Morgan fingerprint density at radius 3 is 2.45 bits per heavy atom. The van der Waals surface area contributed by atoms with E-state index in [1.807, 2.05) is 13.8 Å². The highest BCUT2D eigenvalue weighted by Gasteiger charge is 2.14. The van der Waals surface area contributed by atoms with Gasteiger partial charge in [0.25, 0.3) is 5.69 Å². The van der Waals surface area contributed by atoms with Gasteiger partial charge in [-0.2, -0.15) is 0 Å². The van der Waals surface area contributed by atoms with Crippen molar-refractivity contribution < 1.29 is 9.72 Å². The average Bonchev–Trinajstić information content (AvgIpc) is 2.39. The topological polar surface area (TPSA) is 96.3 Å². The fourth-order valence-corrected chi connectivity index (χ4v) is 1.75. The number of nitro groups is 1. The van der Waals surface area contributed by atoms with E-state index in [0.29, 0.717) is 24.5 Å². The molecule has 0 heterocycles. The monoisotopic (exact) mass is 280 g/mol. The van der Waals surface area contributed by atoms with E-state index in [1.54, 1.807) is 13.0 Å². The van der Waals surface area contributed by atoms with Crippen LogP contribution in [0, 0.1) is 10.1 Å². The summed E-state index contributed by atoms with van der Waals surface area (Å²) in [6.45, 7) is 6.65. The summed E-state index contributed by atoms with van der Waals surface area (Å²) in [7, 11) is 0. The molecule has 0 aliphatic rings. The molecule has 0 aliphatic carbocycles. The first-order valence-electron chi connectivity index (χ1n) is 6.55. The number of nitrogens with one attached hydrogen (secondary N) is 3. The number of hydrogen-bond acceptors (Lipinski definition) is 5. The standard InChI is InChI=1S/C13H20N4O3/c1-4-14-10-6-11(8-12(7-10)17(19)20)16-9(3)13(18)15-5-2/h6-9,14,16H,4-5H2,1-3H3,(H,15,18). The molecule has 0 aliphatic heterocycles. The first-order valence-corrected chi connectivity index (χ1v) is 6.55. The van der Waals surface area contributed by atoms with Gasteiger partial charge in [0.15, 0.2) is 0 Å². The second-order valence-electron chi connectivity index (χ2n) is 4.32. The van der Waals surface area contributed by atoms with E-state index in [4.69, 9.17) is 0 Å². The van der Waals surface area contributed by atoms with Crippen LogP contribution in [0.3, 0.4) is 0 Å². The second-order valence-corrected chi connectivity index (χ2v) is 4.32. The van der Waals surface area contributed by atoms with Gasteiger partial charge < -0.3 is 16.0 Å². The van der Waals surface area contributed by atoms with Crippen LogP contribution in [0.15, 0.2) is 18.2 Å². The van der Waals surface area contributed by atoms with Crippen LogP contribution in [-0.2, 0) is 4.79 Å². The van der Waals surface area contributed by atoms with Crippen LogP contribution >= 0.6 is 0 Å². The number of anilines is 2. The smallest absolute Gasteiger partial charge is 0.273 e. The maximum Gasteiger partial charge on any atom is 0.273 e. The molecule has 0 saturated heterocycles. The van der Waals surface area contributed by atoms with Gasteiger partial charge in [0.2, 0.25) is 5.91 Å². The van der Waals surface area contributed by atoms with Crippen LogP contribution in [0.25, 0.3) is 0 Å². The third kappa shape index (κ3) is 4.42. The van der Waals surface area contributed by atoms with Crippen molar-refractivity contribution >= 4 is 23.0 Å². The zero-order valence-electron chi connectivity index (χ0n) is 11.9. The number of carbonyl (C=O) groups is 1. The van der Waals surface area contributed by atoms with Crippen molar-refractivity contribution in [1.82, 2.24) is 5.32 Å². The van der Waals surface area contributed by atoms with Crippen molar-refractivity contribution in [2.24, 2.45) is 0 Å². The lowest BCUT2D eigenvalue weighted by molar-refractivity contribution is -0.384. The Hall–Kier alpha value is -2.31. The number of rotatable bonds is 7. The minimum absolute atomic E-state index is 0.0194. The molecule has 110 valence electrons. The number of likely N-dealkylation sites (N-methyl/N-ethyl adjacent to an activating group) is 1. The fraction of sp³-hybridized carbons (Fsp3) is 0.462. The van der Waals surface area contributed by atoms with Gasteiger partial charge in [0.05, 0.1) is 4.92 Å². The summed E-state index contributed by atoms with van der Waals surface area (Å²) in [5, 5.41) is 19.6. The largest absolute Gasteiger partial charge is 0.385 e. The Labute approximate surface area is 117 Å². The van der Waals surface area contributed by atoms with Gasteiger partial charge in [0, 0.05) is 36.6 Å². The van der Waals surface area contributed by atoms with Crippen LogP contribution in [0.5, 0.6) is 0 Å². The van der Waals surface area contributed by atoms with Gasteiger partial charge in [0.1, 0.15) is 6.04 Å². The van der Waals surface area contributed by atoms with E-state index in [-0.39, 0.29) is 11.6 Å². The van der Waals surface area contributed by atoms with Gasteiger partial charge in [-0.1, -0.05) is 0 Å². The van der Waals surface area contributed by atoms with Crippen molar-refractivity contribution in [3.63, 3.8) is 0 Å². The van der Waals surface area contributed by atoms with E-state index < -0.39 is 11.0 Å². The van der Waals surface area contributed by atoms with Crippen molar-refractivity contribution in [1.29, 1.82) is 0 Å². The molecule has 1 aromatic carbocycles. The van der Waals surface area contributed by atoms with Crippen molar-refractivity contribution in [2.75, 3.05) is 23.7 Å². The third-order valence-corrected chi connectivity index (χ3v) is 2.64. The molecule has 1 amide bonds. The van der Waals surface area contributed by atoms with Gasteiger partial charge in [-0.15, -0.1) is 0 Å². The molecular weight excluding hydrogens is 260 g/mol. The van der Waals surface area contributed by atoms with Crippen LogP contribution in [-0.4, -0.2) is 30.0 Å². The molecule has 1 atom stereocenters. The summed E-state index contributed by atoms with van der Waals surface area (Å²) >= 11 is 0. The van der Waals surface area contributed by atoms with Gasteiger partial charge >= 0.3 is 0 Å². The molecule has 0 spiro atoms. The molecule has 7 heteroatoms. The summed E-state index contributed by atoms with van der Waals surface area (Å²) in [5.74, 6) is -0.149. The Kier molecular flexibility index (Phi) is 5.76. The Bertz CT molecular complexity index is 491. The predicted octanol–water partition coefficient (Wildman–Crippen LogP) is 1.96. The average molecular weight is 280 g/mol. The van der Waals surface area contributed by atoms with E-state index >= 15 is 0 Å². The predicted molar refractivity (Wildman–Crippen MR) is 79.0 cm³/mol. The summed E-state index contributed by atoms with van der Waals surface area (Å²) in [4.78, 5) is 22.1. The maximum absolute atomic E-state index is 11.7. The van der Waals surface area contributed by atoms with Crippen LogP contribution < -0.4 is 16.0 Å². The zero-order chi connectivity index (χ0) is 15.1. The first-order chi connectivity index (χ1) is 9.47. The molecule has 0 fully saturated rings. The van der Waals surface area contributed by atoms with Crippen LogP contribution in [0.1, 0.15) is 20.8 Å². The highest BCUT2D eigenvalue weighted by Crippen LogP contribution is 2.24.